The van der Waals surface area contributed by atoms with Crippen molar-refractivity contribution in [2.75, 3.05) is 11.9 Å². The Morgan fingerprint density at radius 1 is 1.31 bits per heavy atom. The molecule has 1 N–H and O–H groups in total. The van der Waals surface area contributed by atoms with Gasteiger partial charge in [0.1, 0.15) is 5.15 Å². The molecule has 0 saturated carbocycles. The van der Waals surface area contributed by atoms with Gasteiger partial charge in [0, 0.05) is 41.0 Å². The molecule has 0 spiro atoms. The lowest BCUT2D eigenvalue weighted by atomic mass is 10.1. The van der Waals surface area contributed by atoms with Crippen molar-refractivity contribution in [1.82, 2.24) is 9.55 Å². The minimum Gasteiger partial charge on any atom is -0.364 e. The first-order chi connectivity index (χ1) is 12.4. The van der Waals surface area contributed by atoms with Crippen LogP contribution in [0.2, 0.25) is 5.15 Å². The second-order valence-corrected chi connectivity index (χ2v) is 7.27. The van der Waals surface area contributed by atoms with E-state index in [9.17, 15) is 14.9 Å². The van der Waals surface area contributed by atoms with E-state index in [1.165, 1.54) is 10.6 Å². The highest BCUT2D eigenvalue weighted by Crippen LogP contribution is 2.29. The highest BCUT2D eigenvalue weighted by Gasteiger charge is 2.26. The molecule has 1 aliphatic heterocycles. The van der Waals surface area contributed by atoms with Crippen molar-refractivity contribution in [3.8, 4) is 0 Å². The quantitative estimate of drug-likeness (QED) is 0.384. The lowest BCUT2D eigenvalue weighted by molar-refractivity contribution is -0.384. The summed E-state index contributed by atoms with van der Waals surface area (Å²) in [7, 11) is 0. The number of hydrogen-bond acceptors (Lipinski definition) is 5. The molecule has 0 amide bonds. The number of hydrogen-bond donors (Lipinski definition) is 1. The van der Waals surface area contributed by atoms with Gasteiger partial charge in [-0.1, -0.05) is 27.5 Å². The third-order valence-corrected chi connectivity index (χ3v) is 5.17. The third kappa shape index (κ3) is 2.85. The Morgan fingerprint density at radius 2 is 2.12 bits per heavy atom. The molecule has 3 aromatic rings. The molecule has 26 heavy (non-hydrogen) atoms. The Labute approximate surface area is 160 Å². The van der Waals surface area contributed by atoms with E-state index in [0.717, 1.165) is 15.4 Å². The Morgan fingerprint density at radius 3 is 2.88 bits per heavy atom. The molecule has 9 heteroatoms. The van der Waals surface area contributed by atoms with Crippen molar-refractivity contribution in [1.29, 1.82) is 0 Å². The second kappa shape index (κ2) is 6.37. The fourth-order valence-electron chi connectivity index (χ4n) is 3.16. The standard InChI is InChI=1S/C17H12BrClN4O3/c18-12-1-2-13-9(7-12)5-10(15(19)21-13)6-11-8-14(23(25)26)16-20-3-4-22(16)17(11)24/h1-2,5,7-8,20H,3-4,6H2. The average Bonchev–Trinajstić information content (AvgIpc) is 3.08. The molecule has 0 aliphatic carbocycles. The zero-order valence-corrected chi connectivity index (χ0v) is 15.7. The van der Waals surface area contributed by atoms with E-state index in [2.05, 4.69) is 26.2 Å². The van der Waals surface area contributed by atoms with Gasteiger partial charge in [-0.2, -0.15) is 0 Å². The first-order valence-corrected chi connectivity index (χ1v) is 9.01. The van der Waals surface area contributed by atoms with Crippen molar-refractivity contribution in [2.45, 2.75) is 13.0 Å². The topological polar surface area (TPSA) is 90.1 Å². The number of fused-ring (bicyclic) bond motifs is 2. The van der Waals surface area contributed by atoms with E-state index >= 15 is 0 Å². The number of nitrogens with one attached hydrogen (secondary N) is 1. The molecule has 4 rings (SSSR count). The number of aromatic nitrogens is 2. The minimum absolute atomic E-state index is 0.107. The summed E-state index contributed by atoms with van der Waals surface area (Å²) in [6.45, 7) is 0.894. The maximum Gasteiger partial charge on any atom is 0.310 e. The van der Waals surface area contributed by atoms with Crippen molar-refractivity contribution >= 4 is 49.9 Å². The fourth-order valence-corrected chi connectivity index (χ4v) is 3.75. The molecule has 7 nitrogen and oxygen atoms in total. The van der Waals surface area contributed by atoms with E-state index in [-0.39, 0.29) is 28.6 Å². The summed E-state index contributed by atoms with van der Waals surface area (Å²) in [5, 5.41) is 15.4. The molecule has 3 heterocycles. The normalized spacial score (nSPS) is 12.8. The molecule has 0 atom stereocenters. The lowest BCUT2D eigenvalue weighted by Gasteiger charge is -2.09. The van der Waals surface area contributed by atoms with Crippen LogP contribution in [0.1, 0.15) is 11.1 Å². The van der Waals surface area contributed by atoms with Gasteiger partial charge in [-0.15, -0.1) is 0 Å². The van der Waals surface area contributed by atoms with Gasteiger partial charge in [0.05, 0.1) is 10.4 Å². The van der Waals surface area contributed by atoms with Crippen LogP contribution in [-0.2, 0) is 13.0 Å². The Kier molecular flexibility index (Phi) is 4.16. The average molecular weight is 436 g/mol. The highest BCUT2D eigenvalue weighted by molar-refractivity contribution is 9.10. The molecule has 0 saturated heterocycles. The predicted molar refractivity (Wildman–Crippen MR) is 103 cm³/mol. The molecule has 0 fully saturated rings. The van der Waals surface area contributed by atoms with Gasteiger partial charge in [-0.3, -0.25) is 19.5 Å². The van der Waals surface area contributed by atoms with E-state index in [1.807, 2.05) is 24.3 Å². The molecular weight excluding hydrogens is 424 g/mol. The van der Waals surface area contributed by atoms with Gasteiger partial charge in [0.15, 0.2) is 5.82 Å². The van der Waals surface area contributed by atoms with Crippen LogP contribution < -0.4 is 10.9 Å². The lowest BCUT2D eigenvalue weighted by Crippen LogP contribution is -2.23. The zero-order chi connectivity index (χ0) is 18.4. The maximum atomic E-state index is 12.7. The van der Waals surface area contributed by atoms with Crippen molar-refractivity contribution in [2.24, 2.45) is 0 Å². The maximum absolute atomic E-state index is 12.7. The summed E-state index contributed by atoms with van der Waals surface area (Å²) in [4.78, 5) is 27.9. The van der Waals surface area contributed by atoms with Gasteiger partial charge in [-0.25, -0.2) is 4.98 Å². The summed E-state index contributed by atoms with van der Waals surface area (Å²) < 4.78 is 2.31. The van der Waals surface area contributed by atoms with Gasteiger partial charge in [0.25, 0.3) is 5.56 Å². The number of pyridine rings is 2. The molecule has 0 unspecified atom stereocenters. The van der Waals surface area contributed by atoms with Crippen LogP contribution >= 0.6 is 27.5 Å². The molecule has 132 valence electrons. The van der Waals surface area contributed by atoms with Crippen LogP contribution in [-0.4, -0.2) is 21.0 Å². The molecule has 0 bridgehead atoms. The number of nitro groups is 1. The summed E-state index contributed by atoms with van der Waals surface area (Å²) in [6, 6.07) is 8.80. The van der Waals surface area contributed by atoms with Crippen LogP contribution in [0, 0.1) is 10.1 Å². The second-order valence-electron chi connectivity index (χ2n) is 6.00. The Hall–Kier alpha value is -2.45. The van der Waals surface area contributed by atoms with E-state index in [0.29, 0.717) is 24.2 Å². The van der Waals surface area contributed by atoms with Gasteiger partial charge in [-0.05, 0) is 29.8 Å². The monoisotopic (exact) mass is 434 g/mol. The van der Waals surface area contributed by atoms with Gasteiger partial charge < -0.3 is 5.32 Å². The Bertz CT molecular complexity index is 1130. The number of rotatable bonds is 3. The van der Waals surface area contributed by atoms with Crippen molar-refractivity contribution in [3.63, 3.8) is 0 Å². The number of halogens is 2. The molecule has 1 aliphatic rings. The van der Waals surface area contributed by atoms with Gasteiger partial charge in [0.2, 0.25) is 0 Å². The number of anilines is 1. The third-order valence-electron chi connectivity index (χ3n) is 4.35. The van der Waals surface area contributed by atoms with Crippen LogP contribution in [0.25, 0.3) is 10.9 Å². The Balaban J connectivity index is 1.84. The molecule has 2 aromatic heterocycles. The SMILES string of the molecule is O=c1c(Cc2cc3cc(Br)ccc3nc2Cl)cc([N+](=O)[O-])c2n1CCN2. The summed E-state index contributed by atoms with van der Waals surface area (Å²) >= 11 is 9.70. The van der Waals surface area contributed by atoms with Crippen molar-refractivity contribution < 1.29 is 4.92 Å². The van der Waals surface area contributed by atoms with Crippen LogP contribution in [0.4, 0.5) is 11.5 Å². The number of benzene rings is 1. The first-order valence-electron chi connectivity index (χ1n) is 7.83. The smallest absolute Gasteiger partial charge is 0.310 e. The zero-order valence-electron chi connectivity index (χ0n) is 13.3. The van der Waals surface area contributed by atoms with Crippen LogP contribution in [0.15, 0.2) is 39.6 Å². The summed E-state index contributed by atoms with van der Waals surface area (Å²) in [5.74, 6) is 0.260. The molecular formula is C17H12BrClN4O3. The minimum atomic E-state index is -0.482. The molecule has 1 aromatic carbocycles. The first kappa shape index (κ1) is 17.0. The fraction of sp³-hybridized carbons (Fsp3) is 0.176. The molecule has 0 radical (unpaired) electrons. The van der Waals surface area contributed by atoms with Crippen LogP contribution in [0.5, 0.6) is 0 Å². The number of nitrogens with zero attached hydrogens (tertiary/aromatic N) is 3. The highest BCUT2D eigenvalue weighted by atomic mass is 79.9. The van der Waals surface area contributed by atoms with E-state index in [4.69, 9.17) is 11.6 Å². The summed E-state index contributed by atoms with van der Waals surface area (Å²) in [5.41, 5.74) is 1.35. The largest absolute Gasteiger partial charge is 0.364 e. The van der Waals surface area contributed by atoms with Crippen LogP contribution in [0.3, 0.4) is 0 Å². The van der Waals surface area contributed by atoms with Gasteiger partial charge >= 0.3 is 5.69 Å². The summed E-state index contributed by atoms with van der Waals surface area (Å²) in [6.07, 6.45) is 0.175. The van der Waals surface area contributed by atoms with E-state index < -0.39 is 4.92 Å². The van der Waals surface area contributed by atoms with E-state index in [1.54, 1.807) is 0 Å². The predicted octanol–water partition coefficient (Wildman–Crippen LogP) is 3.74. The van der Waals surface area contributed by atoms with Crippen molar-refractivity contribution in [3.05, 3.63) is 71.6 Å².